The second-order valence-corrected chi connectivity index (χ2v) is 2.47. The number of aldehydes is 1. The van der Waals surface area contributed by atoms with E-state index < -0.39 is 0 Å². The molecule has 0 amide bonds. The van der Waals surface area contributed by atoms with Gasteiger partial charge >= 0.3 is 0 Å². The summed E-state index contributed by atoms with van der Waals surface area (Å²) in [7, 11) is 0. The van der Waals surface area contributed by atoms with Crippen molar-refractivity contribution in [1.29, 1.82) is 0 Å². The zero-order valence-corrected chi connectivity index (χ0v) is 7.18. The fourth-order valence-corrected chi connectivity index (χ4v) is 0.779. The molecule has 0 aromatic rings. The van der Waals surface area contributed by atoms with E-state index in [1.807, 2.05) is 6.08 Å². The lowest BCUT2D eigenvalue weighted by atomic mass is 10.2. The molecule has 1 nitrogen and oxygen atoms in total. The molecule has 0 unspecified atom stereocenters. The van der Waals surface area contributed by atoms with E-state index in [0.29, 0.717) is 6.42 Å². The Hall–Kier alpha value is -0.810. The third-order valence-corrected chi connectivity index (χ3v) is 1.40. The Bertz CT molecular complexity index is 141. The fraction of sp³-hybridized carbons (Fsp3) is 0.600. The highest BCUT2D eigenvalue weighted by Crippen LogP contribution is 1.98. The number of carbonyl (C=O) groups excluding carboxylic acids is 1. The molecule has 0 rings (SSSR count). The molecule has 11 heavy (non-hydrogen) atoms. The molecule has 0 fully saturated rings. The molecule has 0 radical (unpaired) electrons. The van der Waals surface area contributed by atoms with Crippen LogP contribution in [0.3, 0.4) is 0 Å². The first-order valence-corrected chi connectivity index (χ1v) is 4.24. The van der Waals surface area contributed by atoms with Crippen molar-refractivity contribution >= 4 is 6.29 Å². The molecule has 0 spiro atoms. The molecule has 0 N–H and O–H groups in total. The van der Waals surface area contributed by atoms with Crippen LogP contribution in [-0.2, 0) is 4.79 Å². The van der Waals surface area contributed by atoms with Crippen LogP contribution < -0.4 is 0 Å². The molecule has 0 aliphatic carbocycles. The van der Waals surface area contributed by atoms with Gasteiger partial charge in [0.05, 0.1) is 0 Å². The molecule has 0 aliphatic heterocycles. The van der Waals surface area contributed by atoms with Gasteiger partial charge in [-0.15, -0.1) is 5.73 Å². The molecule has 0 aliphatic rings. The topological polar surface area (TPSA) is 17.1 Å². The Labute approximate surface area is 68.8 Å². The van der Waals surface area contributed by atoms with Gasteiger partial charge in [-0.25, -0.2) is 0 Å². The monoisotopic (exact) mass is 152 g/mol. The van der Waals surface area contributed by atoms with E-state index >= 15 is 0 Å². The Kier molecular flexibility index (Phi) is 8.51. The van der Waals surface area contributed by atoms with E-state index in [9.17, 15) is 4.79 Å². The van der Waals surface area contributed by atoms with E-state index in [4.69, 9.17) is 0 Å². The van der Waals surface area contributed by atoms with Gasteiger partial charge in [-0.05, 0) is 25.0 Å². The fourth-order valence-electron chi connectivity index (χ4n) is 0.779. The first kappa shape index (κ1) is 10.2. The van der Waals surface area contributed by atoms with Gasteiger partial charge in [-0.2, -0.15) is 0 Å². The maximum atomic E-state index is 9.85. The van der Waals surface area contributed by atoms with E-state index in [2.05, 4.69) is 12.7 Å². The molecule has 0 aromatic carbocycles. The van der Waals surface area contributed by atoms with Crippen molar-refractivity contribution in [1.82, 2.24) is 0 Å². The summed E-state index contributed by atoms with van der Waals surface area (Å²) >= 11 is 0. The van der Waals surface area contributed by atoms with Crippen LogP contribution in [0.2, 0.25) is 0 Å². The molecule has 0 aromatic heterocycles. The molecule has 0 saturated heterocycles. The van der Waals surface area contributed by atoms with E-state index in [1.54, 1.807) is 6.08 Å². The lowest BCUT2D eigenvalue weighted by Crippen LogP contribution is -1.69. The summed E-state index contributed by atoms with van der Waals surface area (Å²) in [5.41, 5.74) is 2.96. The SMILES string of the molecule is CCCCCC=C=CCC=O. The predicted molar refractivity (Wildman–Crippen MR) is 47.5 cm³/mol. The molecule has 0 heterocycles. The average molecular weight is 152 g/mol. The molecular formula is C10H16O. The highest BCUT2D eigenvalue weighted by molar-refractivity contribution is 5.51. The van der Waals surface area contributed by atoms with Crippen LogP contribution in [0, 0.1) is 0 Å². The summed E-state index contributed by atoms with van der Waals surface area (Å²) in [5.74, 6) is 0. The zero-order chi connectivity index (χ0) is 8.36. The maximum Gasteiger partial charge on any atom is 0.124 e. The number of hydrogen-bond donors (Lipinski definition) is 0. The van der Waals surface area contributed by atoms with Gasteiger partial charge in [0.25, 0.3) is 0 Å². The number of carbonyl (C=O) groups is 1. The molecular weight excluding hydrogens is 136 g/mol. The van der Waals surface area contributed by atoms with Gasteiger partial charge in [0.1, 0.15) is 6.29 Å². The van der Waals surface area contributed by atoms with Crippen LogP contribution in [0.15, 0.2) is 17.9 Å². The summed E-state index contributed by atoms with van der Waals surface area (Å²) in [6.07, 6.45) is 9.99. The van der Waals surface area contributed by atoms with Crippen molar-refractivity contribution in [3.05, 3.63) is 17.9 Å². The first-order chi connectivity index (χ1) is 5.41. The van der Waals surface area contributed by atoms with Crippen LogP contribution in [0.4, 0.5) is 0 Å². The predicted octanol–water partition coefficient (Wildman–Crippen LogP) is 2.87. The largest absolute Gasteiger partial charge is 0.303 e. The van der Waals surface area contributed by atoms with Gasteiger partial charge in [0, 0.05) is 6.42 Å². The van der Waals surface area contributed by atoms with Gasteiger partial charge in [0.2, 0.25) is 0 Å². The minimum atomic E-state index is 0.490. The van der Waals surface area contributed by atoms with E-state index in [0.717, 1.165) is 12.7 Å². The molecule has 62 valence electrons. The number of hydrogen-bond acceptors (Lipinski definition) is 1. The van der Waals surface area contributed by atoms with Crippen LogP contribution in [0.5, 0.6) is 0 Å². The number of rotatable bonds is 6. The Morgan fingerprint density at radius 3 is 2.73 bits per heavy atom. The lowest BCUT2D eigenvalue weighted by Gasteiger charge is -1.88. The summed E-state index contributed by atoms with van der Waals surface area (Å²) in [4.78, 5) is 9.85. The maximum absolute atomic E-state index is 9.85. The third-order valence-electron chi connectivity index (χ3n) is 1.40. The minimum Gasteiger partial charge on any atom is -0.303 e. The Morgan fingerprint density at radius 2 is 2.09 bits per heavy atom. The van der Waals surface area contributed by atoms with Crippen molar-refractivity contribution < 1.29 is 4.79 Å². The molecule has 0 bridgehead atoms. The minimum absolute atomic E-state index is 0.490. The number of allylic oxidation sites excluding steroid dienone is 1. The van der Waals surface area contributed by atoms with Crippen LogP contribution in [0.25, 0.3) is 0 Å². The second-order valence-electron chi connectivity index (χ2n) is 2.47. The van der Waals surface area contributed by atoms with Crippen molar-refractivity contribution in [2.75, 3.05) is 0 Å². The molecule has 1 heteroatoms. The van der Waals surface area contributed by atoms with Crippen LogP contribution in [-0.4, -0.2) is 6.29 Å². The highest BCUT2D eigenvalue weighted by Gasteiger charge is 1.79. The lowest BCUT2D eigenvalue weighted by molar-refractivity contribution is -0.107. The Morgan fingerprint density at radius 1 is 1.27 bits per heavy atom. The smallest absolute Gasteiger partial charge is 0.124 e. The van der Waals surface area contributed by atoms with Gasteiger partial charge in [-0.1, -0.05) is 19.8 Å². The number of unbranched alkanes of at least 4 members (excludes halogenated alkanes) is 3. The first-order valence-electron chi connectivity index (χ1n) is 4.24. The van der Waals surface area contributed by atoms with E-state index in [1.165, 1.54) is 19.3 Å². The van der Waals surface area contributed by atoms with E-state index in [-0.39, 0.29) is 0 Å². The second kappa shape index (κ2) is 9.19. The highest BCUT2D eigenvalue weighted by atomic mass is 16.1. The zero-order valence-electron chi connectivity index (χ0n) is 7.18. The van der Waals surface area contributed by atoms with Crippen molar-refractivity contribution in [3.8, 4) is 0 Å². The third kappa shape index (κ3) is 9.19. The quantitative estimate of drug-likeness (QED) is 0.325. The molecule has 0 atom stereocenters. The summed E-state index contributed by atoms with van der Waals surface area (Å²) in [6, 6.07) is 0. The summed E-state index contributed by atoms with van der Waals surface area (Å²) in [6.45, 7) is 2.19. The van der Waals surface area contributed by atoms with Crippen molar-refractivity contribution in [2.24, 2.45) is 0 Å². The molecule has 0 saturated carbocycles. The Balaban J connectivity index is 3.21. The van der Waals surface area contributed by atoms with Gasteiger partial charge in [-0.3, -0.25) is 0 Å². The van der Waals surface area contributed by atoms with Crippen molar-refractivity contribution in [2.45, 2.75) is 39.0 Å². The normalized spacial score (nSPS) is 8.45. The van der Waals surface area contributed by atoms with Crippen LogP contribution in [0.1, 0.15) is 39.0 Å². The van der Waals surface area contributed by atoms with Crippen LogP contribution >= 0.6 is 0 Å². The van der Waals surface area contributed by atoms with Gasteiger partial charge < -0.3 is 4.79 Å². The van der Waals surface area contributed by atoms with Gasteiger partial charge in [0.15, 0.2) is 0 Å². The summed E-state index contributed by atoms with van der Waals surface area (Å²) in [5, 5.41) is 0. The summed E-state index contributed by atoms with van der Waals surface area (Å²) < 4.78 is 0. The standard InChI is InChI=1S/C10H16O/c1-2-3-4-5-6-7-8-9-10-11/h6,8,10H,2-5,9H2,1H3. The average Bonchev–Trinajstić information content (AvgIpc) is 2.03. The van der Waals surface area contributed by atoms with Crippen molar-refractivity contribution in [3.63, 3.8) is 0 Å².